The number of ether oxygens (including phenoxy) is 1. The number of aromatic nitrogens is 3. The Kier molecular flexibility index (Phi) is 4.01. The monoisotopic (exact) mass is 363 g/mol. The van der Waals surface area contributed by atoms with Crippen molar-refractivity contribution in [1.82, 2.24) is 25.2 Å². The zero-order valence-electron chi connectivity index (χ0n) is 15.0. The minimum absolute atomic E-state index is 0.0641. The first-order chi connectivity index (χ1) is 13.3. The molecule has 0 unspecified atom stereocenters. The second-order valence-corrected chi connectivity index (χ2v) is 7.14. The van der Waals surface area contributed by atoms with Crippen LogP contribution in [0.5, 0.6) is 5.75 Å². The van der Waals surface area contributed by atoms with Crippen molar-refractivity contribution < 1.29 is 9.53 Å². The number of benzene rings is 2. The maximum atomic E-state index is 12.8. The number of aromatic amines is 1. The SMILES string of the molecule is O=C(c1ccc2n[nH]nc2c1)N1CCN(Cc2ccc3c(c2)CCO3)CC1. The summed E-state index contributed by atoms with van der Waals surface area (Å²) >= 11 is 0. The number of nitrogens with one attached hydrogen (secondary N) is 1. The predicted molar refractivity (Wildman–Crippen MR) is 101 cm³/mol. The lowest BCUT2D eigenvalue weighted by Gasteiger charge is -2.34. The van der Waals surface area contributed by atoms with Crippen molar-refractivity contribution in [3.05, 3.63) is 53.1 Å². The van der Waals surface area contributed by atoms with Gasteiger partial charge in [0.05, 0.1) is 6.61 Å². The standard InChI is InChI=1S/C20H21N5O2/c26-20(16-2-3-17-18(12-16)22-23-21-17)25-8-6-24(7-9-25)13-14-1-4-19-15(11-14)5-10-27-19/h1-4,11-12H,5-10,13H2,(H,21,22,23). The Morgan fingerprint density at radius 2 is 1.89 bits per heavy atom. The van der Waals surface area contributed by atoms with Gasteiger partial charge in [-0.15, -0.1) is 0 Å². The van der Waals surface area contributed by atoms with Crippen LogP contribution in [0.25, 0.3) is 11.0 Å². The van der Waals surface area contributed by atoms with E-state index in [1.54, 1.807) is 6.07 Å². The number of H-pyrrole nitrogens is 1. The molecule has 0 aliphatic carbocycles. The van der Waals surface area contributed by atoms with Crippen molar-refractivity contribution >= 4 is 16.9 Å². The normalized spacial score (nSPS) is 17.1. The Morgan fingerprint density at radius 3 is 2.78 bits per heavy atom. The summed E-state index contributed by atoms with van der Waals surface area (Å²) in [5.74, 6) is 1.09. The summed E-state index contributed by atoms with van der Waals surface area (Å²) in [4.78, 5) is 17.1. The van der Waals surface area contributed by atoms with E-state index < -0.39 is 0 Å². The molecule has 0 radical (unpaired) electrons. The summed E-state index contributed by atoms with van der Waals surface area (Å²) in [6, 6.07) is 11.9. The third-order valence-corrected chi connectivity index (χ3v) is 5.38. The number of amides is 1. The van der Waals surface area contributed by atoms with E-state index in [1.807, 2.05) is 17.0 Å². The van der Waals surface area contributed by atoms with E-state index in [2.05, 4.69) is 38.5 Å². The molecule has 1 saturated heterocycles. The number of fused-ring (bicyclic) bond motifs is 2. The first-order valence-corrected chi connectivity index (χ1v) is 9.33. The lowest BCUT2D eigenvalue weighted by molar-refractivity contribution is 0.0628. The van der Waals surface area contributed by atoms with Crippen LogP contribution >= 0.6 is 0 Å². The number of rotatable bonds is 3. The Hall–Kier alpha value is -2.93. The summed E-state index contributed by atoms with van der Waals surface area (Å²) in [5, 5.41) is 10.7. The van der Waals surface area contributed by atoms with E-state index in [1.165, 1.54) is 11.1 Å². The van der Waals surface area contributed by atoms with Crippen LogP contribution < -0.4 is 4.74 Å². The fourth-order valence-electron chi connectivity index (χ4n) is 3.86. The molecule has 0 atom stereocenters. The van der Waals surface area contributed by atoms with Crippen molar-refractivity contribution in [3.63, 3.8) is 0 Å². The third-order valence-electron chi connectivity index (χ3n) is 5.38. The fraction of sp³-hybridized carbons (Fsp3) is 0.350. The van der Waals surface area contributed by atoms with Crippen molar-refractivity contribution in [3.8, 4) is 5.75 Å². The highest BCUT2D eigenvalue weighted by Crippen LogP contribution is 2.26. The number of carbonyl (C=O) groups is 1. The molecule has 7 nitrogen and oxygen atoms in total. The molecule has 1 amide bonds. The second kappa shape index (κ2) is 6.66. The quantitative estimate of drug-likeness (QED) is 0.769. The van der Waals surface area contributed by atoms with E-state index in [-0.39, 0.29) is 5.91 Å². The molecule has 1 aromatic heterocycles. The molecule has 27 heavy (non-hydrogen) atoms. The molecule has 0 spiro atoms. The van der Waals surface area contributed by atoms with Crippen LogP contribution in [-0.2, 0) is 13.0 Å². The van der Waals surface area contributed by atoms with Gasteiger partial charge in [-0.2, -0.15) is 15.4 Å². The van der Waals surface area contributed by atoms with E-state index >= 15 is 0 Å². The average molecular weight is 363 g/mol. The molecule has 0 bridgehead atoms. The smallest absolute Gasteiger partial charge is 0.254 e. The first kappa shape index (κ1) is 16.3. The van der Waals surface area contributed by atoms with Gasteiger partial charge in [-0.3, -0.25) is 9.69 Å². The highest BCUT2D eigenvalue weighted by molar-refractivity contribution is 5.97. The van der Waals surface area contributed by atoms with Crippen LogP contribution in [-0.4, -0.2) is 63.9 Å². The topological polar surface area (TPSA) is 74.4 Å². The van der Waals surface area contributed by atoms with Gasteiger partial charge in [0.25, 0.3) is 5.91 Å². The summed E-state index contributed by atoms with van der Waals surface area (Å²) in [6.45, 7) is 4.95. The maximum Gasteiger partial charge on any atom is 0.254 e. The van der Waals surface area contributed by atoms with Crippen molar-refractivity contribution in [1.29, 1.82) is 0 Å². The third kappa shape index (κ3) is 3.14. The molecule has 3 heterocycles. The molecule has 5 rings (SSSR count). The molecular weight excluding hydrogens is 342 g/mol. The molecule has 1 fully saturated rings. The second-order valence-electron chi connectivity index (χ2n) is 7.14. The number of nitrogens with zero attached hydrogens (tertiary/aromatic N) is 4. The molecule has 2 aliphatic heterocycles. The van der Waals surface area contributed by atoms with E-state index in [0.717, 1.165) is 62.5 Å². The zero-order valence-corrected chi connectivity index (χ0v) is 15.0. The molecule has 2 aromatic carbocycles. The van der Waals surface area contributed by atoms with Crippen LogP contribution in [0.1, 0.15) is 21.5 Å². The largest absolute Gasteiger partial charge is 0.493 e. The predicted octanol–water partition coefficient (Wildman–Crippen LogP) is 1.85. The number of hydrogen-bond donors (Lipinski definition) is 1. The molecule has 2 aliphatic rings. The first-order valence-electron chi connectivity index (χ1n) is 9.33. The molecule has 7 heteroatoms. The van der Waals surface area contributed by atoms with E-state index in [9.17, 15) is 4.79 Å². The number of piperazine rings is 1. The van der Waals surface area contributed by atoms with Gasteiger partial charge in [0, 0.05) is 44.7 Å². The summed E-state index contributed by atoms with van der Waals surface area (Å²) in [5.41, 5.74) is 4.79. The summed E-state index contributed by atoms with van der Waals surface area (Å²) in [6.07, 6.45) is 1.00. The van der Waals surface area contributed by atoms with Gasteiger partial charge in [0.1, 0.15) is 16.8 Å². The summed E-state index contributed by atoms with van der Waals surface area (Å²) < 4.78 is 5.58. The Bertz CT molecular complexity index is 991. The minimum atomic E-state index is 0.0641. The van der Waals surface area contributed by atoms with Gasteiger partial charge < -0.3 is 9.64 Å². The van der Waals surface area contributed by atoms with Gasteiger partial charge in [-0.1, -0.05) is 12.1 Å². The zero-order chi connectivity index (χ0) is 18.2. The Labute approximate surface area is 156 Å². The fourth-order valence-corrected chi connectivity index (χ4v) is 3.86. The van der Waals surface area contributed by atoms with Gasteiger partial charge >= 0.3 is 0 Å². The van der Waals surface area contributed by atoms with Crippen molar-refractivity contribution in [2.45, 2.75) is 13.0 Å². The van der Waals surface area contributed by atoms with Gasteiger partial charge in [-0.05, 0) is 35.4 Å². The molecule has 1 N–H and O–H groups in total. The van der Waals surface area contributed by atoms with E-state index in [4.69, 9.17) is 4.74 Å². The minimum Gasteiger partial charge on any atom is -0.493 e. The van der Waals surface area contributed by atoms with Crippen LogP contribution in [0.15, 0.2) is 36.4 Å². The van der Waals surface area contributed by atoms with Crippen LogP contribution in [0, 0.1) is 0 Å². The highest BCUT2D eigenvalue weighted by Gasteiger charge is 2.23. The summed E-state index contributed by atoms with van der Waals surface area (Å²) in [7, 11) is 0. The molecule has 3 aromatic rings. The average Bonchev–Trinajstić information content (AvgIpc) is 3.36. The van der Waals surface area contributed by atoms with Gasteiger partial charge in [0.2, 0.25) is 0 Å². The number of carbonyl (C=O) groups excluding carboxylic acids is 1. The molecular formula is C20H21N5O2. The highest BCUT2D eigenvalue weighted by atomic mass is 16.5. The van der Waals surface area contributed by atoms with Crippen LogP contribution in [0.3, 0.4) is 0 Å². The number of hydrogen-bond acceptors (Lipinski definition) is 5. The molecule has 0 saturated carbocycles. The lowest BCUT2D eigenvalue weighted by atomic mass is 10.1. The van der Waals surface area contributed by atoms with E-state index in [0.29, 0.717) is 5.56 Å². The Morgan fingerprint density at radius 1 is 1.04 bits per heavy atom. The maximum absolute atomic E-state index is 12.8. The lowest BCUT2D eigenvalue weighted by Crippen LogP contribution is -2.48. The van der Waals surface area contributed by atoms with Crippen LogP contribution in [0.2, 0.25) is 0 Å². The Balaban J connectivity index is 1.21. The van der Waals surface area contributed by atoms with Crippen LogP contribution in [0.4, 0.5) is 0 Å². The van der Waals surface area contributed by atoms with Gasteiger partial charge in [-0.25, -0.2) is 0 Å². The van der Waals surface area contributed by atoms with Crippen molar-refractivity contribution in [2.75, 3.05) is 32.8 Å². The van der Waals surface area contributed by atoms with Crippen molar-refractivity contribution in [2.24, 2.45) is 0 Å². The molecule has 138 valence electrons. The van der Waals surface area contributed by atoms with Gasteiger partial charge in [0.15, 0.2) is 0 Å².